The van der Waals surface area contributed by atoms with Crippen molar-refractivity contribution >= 4 is 22.9 Å². The van der Waals surface area contributed by atoms with Gasteiger partial charge in [-0.3, -0.25) is 4.79 Å². The molecule has 1 fully saturated rings. The number of carboxylic acid groups (broad SMARTS) is 1. The molecule has 24 heavy (non-hydrogen) atoms. The van der Waals surface area contributed by atoms with Crippen LogP contribution in [0.1, 0.15) is 19.8 Å². The van der Waals surface area contributed by atoms with E-state index in [1.165, 1.54) is 10.9 Å². The summed E-state index contributed by atoms with van der Waals surface area (Å²) in [6, 6.07) is 10.1. The second-order valence-corrected chi connectivity index (χ2v) is 6.69. The smallest absolute Gasteiger partial charge is 0.317 e. The zero-order chi connectivity index (χ0) is 17.2. The number of aryl methyl sites for hydroxylation is 1. The van der Waals surface area contributed by atoms with Crippen LogP contribution in [0.3, 0.4) is 0 Å². The van der Waals surface area contributed by atoms with Gasteiger partial charge in [0, 0.05) is 37.9 Å². The van der Waals surface area contributed by atoms with Crippen molar-refractivity contribution in [3.63, 3.8) is 0 Å². The van der Waals surface area contributed by atoms with Crippen LogP contribution in [0.25, 0.3) is 10.9 Å². The average molecular weight is 329 g/mol. The molecule has 6 nitrogen and oxygen atoms in total. The third-order valence-electron chi connectivity index (χ3n) is 4.81. The minimum Gasteiger partial charge on any atom is -0.481 e. The normalized spacial score (nSPS) is 20.5. The molecule has 1 aromatic carbocycles. The summed E-state index contributed by atoms with van der Waals surface area (Å²) < 4.78 is 2.18. The molecule has 0 spiro atoms. The highest BCUT2D eigenvalue weighted by atomic mass is 16.4. The van der Waals surface area contributed by atoms with Gasteiger partial charge in [-0.1, -0.05) is 18.2 Å². The van der Waals surface area contributed by atoms with Crippen LogP contribution in [0.15, 0.2) is 36.5 Å². The van der Waals surface area contributed by atoms with Gasteiger partial charge >= 0.3 is 12.0 Å². The van der Waals surface area contributed by atoms with E-state index in [2.05, 4.69) is 34.3 Å². The number of likely N-dealkylation sites (tertiary alicyclic amines) is 1. The Kier molecular flexibility index (Phi) is 4.46. The monoisotopic (exact) mass is 329 g/mol. The number of rotatable bonds is 5. The van der Waals surface area contributed by atoms with E-state index in [0.717, 1.165) is 13.0 Å². The average Bonchev–Trinajstić information content (AvgIpc) is 3.16. The molecule has 128 valence electrons. The summed E-state index contributed by atoms with van der Waals surface area (Å²) in [7, 11) is 0. The summed E-state index contributed by atoms with van der Waals surface area (Å²) in [6.45, 7) is 3.87. The van der Waals surface area contributed by atoms with Gasteiger partial charge in [0.05, 0.1) is 5.41 Å². The van der Waals surface area contributed by atoms with E-state index >= 15 is 0 Å². The van der Waals surface area contributed by atoms with E-state index in [4.69, 9.17) is 0 Å². The Morgan fingerprint density at radius 3 is 2.83 bits per heavy atom. The maximum absolute atomic E-state index is 12.1. The zero-order valence-electron chi connectivity index (χ0n) is 13.9. The lowest BCUT2D eigenvalue weighted by atomic mass is 9.90. The summed E-state index contributed by atoms with van der Waals surface area (Å²) >= 11 is 0. The number of nitrogens with zero attached hydrogens (tertiary/aromatic N) is 2. The molecule has 1 aliphatic rings. The lowest BCUT2D eigenvalue weighted by Gasteiger charge is -2.20. The third-order valence-corrected chi connectivity index (χ3v) is 4.81. The van der Waals surface area contributed by atoms with Gasteiger partial charge in [0.2, 0.25) is 0 Å². The number of amides is 2. The predicted molar refractivity (Wildman–Crippen MR) is 91.9 cm³/mol. The second kappa shape index (κ2) is 6.55. The van der Waals surface area contributed by atoms with Crippen LogP contribution >= 0.6 is 0 Å². The number of carboxylic acids is 1. The van der Waals surface area contributed by atoms with Gasteiger partial charge in [-0.2, -0.15) is 0 Å². The van der Waals surface area contributed by atoms with Crippen LogP contribution in [-0.4, -0.2) is 46.2 Å². The highest BCUT2D eigenvalue weighted by molar-refractivity contribution is 5.80. The standard InChI is InChI=1S/C18H23N3O3/c1-18(16(22)23)8-12-21(13-18)17(24)19-9-4-10-20-11-7-14-5-2-3-6-15(14)20/h2-3,5-7,11H,4,8-10,12-13H2,1H3,(H,19,24)(H,22,23). The van der Waals surface area contributed by atoms with E-state index in [0.29, 0.717) is 19.5 Å². The largest absolute Gasteiger partial charge is 0.481 e. The summed E-state index contributed by atoms with van der Waals surface area (Å²) in [5, 5.41) is 13.3. The highest BCUT2D eigenvalue weighted by Gasteiger charge is 2.42. The number of carbonyl (C=O) groups is 2. The number of aromatic nitrogens is 1. The van der Waals surface area contributed by atoms with E-state index in [9.17, 15) is 14.7 Å². The van der Waals surface area contributed by atoms with E-state index in [1.807, 2.05) is 12.1 Å². The molecule has 1 aromatic heterocycles. The Labute approximate surface area is 141 Å². The quantitative estimate of drug-likeness (QED) is 0.828. The molecule has 6 heteroatoms. The molecule has 2 N–H and O–H groups in total. The fourth-order valence-corrected chi connectivity index (χ4v) is 3.20. The van der Waals surface area contributed by atoms with Crippen molar-refractivity contribution in [2.45, 2.75) is 26.3 Å². The van der Waals surface area contributed by atoms with Crippen molar-refractivity contribution in [3.8, 4) is 0 Å². The zero-order valence-corrected chi connectivity index (χ0v) is 13.9. The Balaban J connectivity index is 1.45. The van der Waals surface area contributed by atoms with E-state index < -0.39 is 11.4 Å². The summed E-state index contributed by atoms with van der Waals surface area (Å²) in [5.41, 5.74) is 0.377. The number of para-hydroxylation sites is 1. The number of urea groups is 1. The van der Waals surface area contributed by atoms with Crippen LogP contribution in [0.4, 0.5) is 4.79 Å². The molecule has 2 amide bonds. The SMILES string of the molecule is CC1(C(=O)O)CCN(C(=O)NCCCn2ccc3ccccc32)C1. The molecule has 0 radical (unpaired) electrons. The molecule has 2 aromatic rings. The van der Waals surface area contributed by atoms with E-state index in [1.54, 1.807) is 11.8 Å². The number of aliphatic carboxylic acids is 1. The summed E-state index contributed by atoms with van der Waals surface area (Å²) in [4.78, 5) is 25.0. The number of hydrogen-bond donors (Lipinski definition) is 2. The number of benzene rings is 1. The highest BCUT2D eigenvalue weighted by Crippen LogP contribution is 2.29. The van der Waals surface area contributed by atoms with Crippen molar-refractivity contribution in [1.29, 1.82) is 0 Å². The fourth-order valence-electron chi connectivity index (χ4n) is 3.20. The number of carbonyl (C=O) groups excluding carboxylic acids is 1. The van der Waals surface area contributed by atoms with Crippen molar-refractivity contribution in [2.75, 3.05) is 19.6 Å². The molecule has 3 rings (SSSR count). The third kappa shape index (κ3) is 3.22. The van der Waals surface area contributed by atoms with Crippen LogP contribution in [0.2, 0.25) is 0 Å². The van der Waals surface area contributed by atoms with E-state index in [-0.39, 0.29) is 12.6 Å². The van der Waals surface area contributed by atoms with Crippen molar-refractivity contribution in [3.05, 3.63) is 36.5 Å². The maximum Gasteiger partial charge on any atom is 0.317 e. The molecule has 0 saturated carbocycles. The van der Waals surface area contributed by atoms with Gasteiger partial charge in [0.1, 0.15) is 0 Å². The Bertz CT molecular complexity index is 755. The maximum atomic E-state index is 12.1. The van der Waals surface area contributed by atoms with Gasteiger partial charge < -0.3 is 19.9 Å². The summed E-state index contributed by atoms with van der Waals surface area (Å²) in [5.74, 6) is -0.836. The first-order valence-electron chi connectivity index (χ1n) is 8.30. The molecule has 0 bridgehead atoms. The lowest BCUT2D eigenvalue weighted by molar-refractivity contribution is -0.146. The minimum atomic E-state index is -0.836. The number of nitrogens with one attached hydrogen (secondary N) is 1. The number of fused-ring (bicyclic) bond motifs is 1. The first kappa shape index (κ1) is 16.4. The number of hydrogen-bond acceptors (Lipinski definition) is 2. The Morgan fingerprint density at radius 2 is 2.08 bits per heavy atom. The molecular weight excluding hydrogens is 306 g/mol. The van der Waals surface area contributed by atoms with Gasteiger partial charge in [0.25, 0.3) is 0 Å². The van der Waals surface area contributed by atoms with Crippen molar-refractivity contribution in [1.82, 2.24) is 14.8 Å². The molecular formula is C18H23N3O3. The molecule has 1 aliphatic heterocycles. The lowest BCUT2D eigenvalue weighted by Crippen LogP contribution is -2.41. The van der Waals surface area contributed by atoms with Gasteiger partial charge in [-0.15, -0.1) is 0 Å². The second-order valence-electron chi connectivity index (χ2n) is 6.69. The van der Waals surface area contributed by atoms with Crippen molar-refractivity contribution in [2.24, 2.45) is 5.41 Å². The molecule has 1 atom stereocenters. The van der Waals surface area contributed by atoms with Gasteiger partial charge in [0.15, 0.2) is 0 Å². The first-order valence-corrected chi connectivity index (χ1v) is 8.30. The molecule has 1 saturated heterocycles. The van der Waals surface area contributed by atoms with Crippen LogP contribution in [0.5, 0.6) is 0 Å². The molecule has 0 aliphatic carbocycles. The van der Waals surface area contributed by atoms with Crippen molar-refractivity contribution < 1.29 is 14.7 Å². The fraction of sp³-hybridized carbons (Fsp3) is 0.444. The van der Waals surface area contributed by atoms with Crippen LogP contribution < -0.4 is 5.32 Å². The molecule has 2 heterocycles. The molecule has 1 unspecified atom stereocenters. The van der Waals surface area contributed by atoms with Crippen LogP contribution in [0, 0.1) is 5.41 Å². The minimum absolute atomic E-state index is 0.169. The summed E-state index contributed by atoms with van der Waals surface area (Å²) in [6.07, 6.45) is 3.39. The van der Waals surface area contributed by atoms with Crippen LogP contribution in [-0.2, 0) is 11.3 Å². The predicted octanol–water partition coefficient (Wildman–Crippen LogP) is 2.54. The van der Waals surface area contributed by atoms with Gasteiger partial charge in [-0.25, -0.2) is 4.79 Å². The Morgan fingerprint density at radius 1 is 1.29 bits per heavy atom. The topological polar surface area (TPSA) is 74.6 Å². The first-order chi connectivity index (χ1) is 11.5. The van der Waals surface area contributed by atoms with Gasteiger partial charge in [-0.05, 0) is 37.3 Å². The Hall–Kier alpha value is -2.50.